The van der Waals surface area contributed by atoms with Crippen molar-refractivity contribution in [3.8, 4) is 0 Å². The van der Waals surface area contributed by atoms with E-state index in [0.29, 0.717) is 13.1 Å². The number of carbonyl (C=O) groups is 1. The smallest absolute Gasteiger partial charge is 0.244 e. The van der Waals surface area contributed by atoms with Crippen molar-refractivity contribution in [1.82, 2.24) is 4.90 Å². The summed E-state index contributed by atoms with van der Waals surface area (Å²) >= 11 is 3.40. The summed E-state index contributed by atoms with van der Waals surface area (Å²) in [5.74, 6) is 0.120. The summed E-state index contributed by atoms with van der Waals surface area (Å²) in [6.07, 6.45) is 0.199. The highest BCUT2D eigenvalue weighted by Gasteiger charge is 2.28. The van der Waals surface area contributed by atoms with Gasteiger partial charge in [-0.25, -0.2) is 0 Å². The highest BCUT2D eigenvalue weighted by atomic mass is 79.9. The van der Waals surface area contributed by atoms with Crippen LogP contribution in [0.15, 0.2) is 28.7 Å². The molecule has 0 unspecified atom stereocenters. The minimum atomic E-state index is -0.242. The van der Waals surface area contributed by atoms with Crippen LogP contribution in [0.3, 0.4) is 0 Å². The molecule has 2 rings (SSSR count). The van der Waals surface area contributed by atoms with E-state index in [1.807, 2.05) is 49.9 Å². The number of ether oxygens (including phenoxy) is 1. The lowest BCUT2D eigenvalue weighted by Crippen LogP contribution is -2.52. The predicted octanol–water partition coefficient (Wildman–Crippen LogP) is 2.89. The maximum atomic E-state index is 12.5. The third kappa shape index (κ3) is 3.96. The molecule has 0 bridgehead atoms. The highest BCUT2D eigenvalue weighted by molar-refractivity contribution is 9.10. The van der Waals surface area contributed by atoms with Gasteiger partial charge in [0.15, 0.2) is 0 Å². The Morgan fingerprint density at radius 2 is 1.85 bits per heavy atom. The van der Waals surface area contributed by atoms with Crippen LogP contribution in [0.25, 0.3) is 0 Å². The molecule has 20 heavy (non-hydrogen) atoms. The second-order valence-electron chi connectivity index (χ2n) is 5.37. The maximum absolute atomic E-state index is 12.5. The number of rotatable bonds is 3. The van der Waals surface area contributed by atoms with E-state index in [2.05, 4.69) is 21.2 Å². The molecule has 1 aliphatic rings. The Morgan fingerprint density at radius 3 is 2.40 bits per heavy atom. The van der Waals surface area contributed by atoms with E-state index in [1.165, 1.54) is 0 Å². The van der Waals surface area contributed by atoms with Gasteiger partial charge in [-0.2, -0.15) is 0 Å². The monoisotopic (exact) mass is 340 g/mol. The summed E-state index contributed by atoms with van der Waals surface area (Å²) in [5.41, 5.74) is 0.948. The average Bonchev–Trinajstić information content (AvgIpc) is 2.39. The van der Waals surface area contributed by atoms with E-state index >= 15 is 0 Å². The van der Waals surface area contributed by atoms with Crippen LogP contribution in [0.4, 0.5) is 5.69 Å². The topological polar surface area (TPSA) is 41.6 Å². The second kappa shape index (κ2) is 6.59. The lowest BCUT2D eigenvalue weighted by Gasteiger charge is -2.36. The van der Waals surface area contributed by atoms with E-state index in [1.54, 1.807) is 0 Å². The van der Waals surface area contributed by atoms with Crippen molar-refractivity contribution in [1.29, 1.82) is 0 Å². The Balaban J connectivity index is 1.96. The summed E-state index contributed by atoms with van der Waals surface area (Å²) in [4.78, 5) is 14.3. The molecular weight excluding hydrogens is 320 g/mol. The zero-order chi connectivity index (χ0) is 14.7. The van der Waals surface area contributed by atoms with Gasteiger partial charge in [-0.1, -0.05) is 15.9 Å². The van der Waals surface area contributed by atoms with Crippen LogP contribution < -0.4 is 5.32 Å². The molecule has 3 atom stereocenters. The Bertz CT molecular complexity index is 453. The predicted molar refractivity (Wildman–Crippen MR) is 83.8 cm³/mol. The molecule has 1 aliphatic heterocycles. The fraction of sp³-hybridized carbons (Fsp3) is 0.533. The summed E-state index contributed by atoms with van der Waals surface area (Å²) in [6, 6.07) is 7.59. The van der Waals surface area contributed by atoms with Crippen molar-refractivity contribution in [3.63, 3.8) is 0 Å². The molecule has 110 valence electrons. The van der Waals surface area contributed by atoms with Gasteiger partial charge >= 0.3 is 0 Å². The van der Waals surface area contributed by atoms with E-state index in [-0.39, 0.29) is 24.2 Å². The molecule has 1 amide bonds. The minimum Gasteiger partial charge on any atom is -0.374 e. The number of morpholine rings is 1. The van der Waals surface area contributed by atoms with Crippen LogP contribution in [-0.2, 0) is 9.53 Å². The first-order valence-corrected chi connectivity index (χ1v) is 7.71. The molecule has 0 radical (unpaired) electrons. The number of nitrogens with one attached hydrogen (secondary N) is 1. The number of hydrogen-bond acceptors (Lipinski definition) is 3. The maximum Gasteiger partial charge on any atom is 0.244 e. The van der Waals surface area contributed by atoms with Gasteiger partial charge < -0.3 is 15.0 Å². The average molecular weight is 341 g/mol. The molecule has 0 saturated carbocycles. The van der Waals surface area contributed by atoms with Gasteiger partial charge in [0, 0.05) is 23.2 Å². The second-order valence-corrected chi connectivity index (χ2v) is 6.29. The van der Waals surface area contributed by atoms with E-state index < -0.39 is 0 Å². The molecule has 0 aromatic heterocycles. The fourth-order valence-corrected chi connectivity index (χ4v) is 2.75. The number of hydrogen-bond donors (Lipinski definition) is 1. The molecule has 1 heterocycles. The van der Waals surface area contributed by atoms with Crippen molar-refractivity contribution in [3.05, 3.63) is 28.7 Å². The van der Waals surface area contributed by atoms with Crippen LogP contribution in [0, 0.1) is 0 Å². The highest BCUT2D eigenvalue weighted by Crippen LogP contribution is 2.17. The molecule has 1 saturated heterocycles. The SMILES string of the molecule is C[C@@H]1CN(C(=O)[C@H](C)Nc2ccc(Br)cc2)C[C@H](C)O1. The van der Waals surface area contributed by atoms with Gasteiger partial charge in [0.25, 0.3) is 0 Å². The van der Waals surface area contributed by atoms with Crippen molar-refractivity contribution in [2.75, 3.05) is 18.4 Å². The minimum absolute atomic E-state index is 0.0996. The first-order valence-electron chi connectivity index (χ1n) is 6.92. The zero-order valence-corrected chi connectivity index (χ0v) is 13.7. The van der Waals surface area contributed by atoms with Gasteiger partial charge in [0.1, 0.15) is 6.04 Å². The molecule has 5 heteroatoms. The fourth-order valence-electron chi connectivity index (χ4n) is 2.49. The largest absolute Gasteiger partial charge is 0.374 e. The summed E-state index contributed by atoms with van der Waals surface area (Å²) in [6.45, 7) is 7.23. The molecule has 0 aliphatic carbocycles. The molecular formula is C15H21BrN2O2. The van der Waals surface area contributed by atoms with Gasteiger partial charge in [-0.3, -0.25) is 4.79 Å². The van der Waals surface area contributed by atoms with E-state index in [4.69, 9.17) is 4.74 Å². The summed E-state index contributed by atoms with van der Waals surface area (Å²) < 4.78 is 6.68. The number of halogens is 1. The van der Waals surface area contributed by atoms with Crippen molar-refractivity contribution < 1.29 is 9.53 Å². The number of nitrogens with zero attached hydrogens (tertiary/aromatic N) is 1. The lowest BCUT2D eigenvalue weighted by molar-refractivity contribution is -0.143. The number of benzene rings is 1. The first-order chi connectivity index (χ1) is 9.45. The van der Waals surface area contributed by atoms with Crippen LogP contribution in [-0.4, -0.2) is 42.1 Å². The Kier molecular flexibility index (Phi) is 5.05. The molecule has 0 spiro atoms. The van der Waals surface area contributed by atoms with Crippen LogP contribution in [0.2, 0.25) is 0 Å². The van der Waals surface area contributed by atoms with E-state index in [9.17, 15) is 4.79 Å². The number of anilines is 1. The Morgan fingerprint density at radius 1 is 1.30 bits per heavy atom. The molecule has 1 N–H and O–H groups in total. The van der Waals surface area contributed by atoms with Crippen LogP contribution in [0.5, 0.6) is 0 Å². The molecule has 1 fully saturated rings. The molecule has 4 nitrogen and oxygen atoms in total. The van der Waals surface area contributed by atoms with E-state index in [0.717, 1.165) is 10.2 Å². The van der Waals surface area contributed by atoms with Gasteiger partial charge in [-0.15, -0.1) is 0 Å². The van der Waals surface area contributed by atoms with Crippen molar-refractivity contribution in [2.24, 2.45) is 0 Å². The quantitative estimate of drug-likeness (QED) is 0.919. The van der Waals surface area contributed by atoms with Gasteiger partial charge in [0.05, 0.1) is 12.2 Å². The normalized spacial score (nSPS) is 24.3. The van der Waals surface area contributed by atoms with Gasteiger partial charge in [0.2, 0.25) is 5.91 Å². The van der Waals surface area contributed by atoms with Gasteiger partial charge in [-0.05, 0) is 45.0 Å². The molecule has 1 aromatic rings. The van der Waals surface area contributed by atoms with Crippen LogP contribution in [0.1, 0.15) is 20.8 Å². The molecule has 1 aromatic carbocycles. The standard InChI is InChI=1S/C15H21BrN2O2/c1-10-8-18(9-11(2)20-10)15(19)12(3)17-14-6-4-13(16)5-7-14/h4-7,10-12,17H,8-9H2,1-3H3/t10-,11+,12-/m0/s1. The first kappa shape index (κ1) is 15.3. The third-order valence-electron chi connectivity index (χ3n) is 3.33. The number of carbonyl (C=O) groups excluding carboxylic acids is 1. The Labute approximate surface area is 128 Å². The van der Waals surface area contributed by atoms with Crippen molar-refractivity contribution in [2.45, 2.75) is 39.0 Å². The van der Waals surface area contributed by atoms with Crippen LogP contribution >= 0.6 is 15.9 Å². The number of amides is 1. The summed E-state index contributed by atoms with van der Waals surface area (Å²) in [5, 5.41) is 3.24. The lowest BCUT2D eigenvalue weighted by atomic mass is 10.2. The third-order valence-corrected chi connectivity index (χ3v) is 3.86. The Hall–Kier alpha value is -1.07. The summed E-state index contributed by atoms with van der Waals surface area (Å²) in [7, 11) is 0. The zero-order valence-electron chi connectivity index (χ0n) is 12.1. The van der Waals surface area contributed by atoms with Crippen molar-refractivity contribution >= 4 is 27.5 Å².